The van der Waals surface area contributed by atoms with E-state index in [1.54, 1.807) is 11.2 Å². The van der Waals surface area contributed by atoms with E-state index in [9.17, 15) is 12.8 Å². The molecule has 1 fully saturated rings. The first-order chi connectivity index (χ1) is 9.46. The van der Waals surface area contributed by atoms with Crippen molar-refractivity contribution in [1.29, 1.82) is 0 Å². The molecule has 0 heterocycles. The van der Waals surface area contributed by atoms with Crippen molar-refractivity contribution >= 4 is 10.0 Å². The highest BCUT2D eigenvalue weighted by atomic mass is 32.2. The van der Waals surface area contributed by atoms with Gasteiger partial charge >= 0.3 is 0 Å². The predicted molar refractivity (Wildman–Crippen MR) is 77.6 cm³/mol. The molecule has 0 unspecified atom stereocenters. The zero-order valence-electron chi connectivity index (χ0n) is 12.1. The van der Waals surface area contributed by atoms with Gasteiger partial charge in [0.25, 0.3) is 0 Å². The molecule has 0 saturated heterocycles. The van der Waals surface area contributed by atoms with Crippen LogP contribution < -0.4 is 0 Å². The van der Waals surface area contributed by atoms with Gasteiger partial charge in [0, 0.05) is 12.6 Å². The molecule has 0 spiro atoms. The van der Waals surface area contributed by atoms with Gasteiger partial charge in [0.1, 0.15) is 5.82 Å². The first kappa shape index (κ1) is 15.4. The molecular weight excluding hydrogens is 277 g/mol. The van der Waals surface area contributed by atoms with Crippen molar-refractivity contribution < 1.29 is 12.8 Å². The summed E-state index contributed by atoms with van der Waals surface area (Å²) in [6, 6.07) is 4.11. The highest BCUT2D eigenvalue weighted by Gasteiger charge is 2.31. The normalized spacial score (nSPS) is 17.6. The van der Waals surface area contributed by atoms with E-state index in [1.807, 2.05) is 6.92 Å². The molecule has 0 radical (unpaired) electrons. The van der Waals surface area contributed by atoms with E-state index in [0.717, 1.165) is 25.7 Å². The van der Waals surface area contributed by atoms with Gasteiger partial charge in [-0.2, -0.15) is 4.31 Å². The molecule has 2 rings (SSSR count). The molecule has 0 N–H and O–H groups in total. The number of nitrogens with zero attached hydrogens (tertiary/aromatic N) is 1. The van der Waals surface area contributed by atoms with E-state index in [0.29, 0.717) is 12.1 Å². The number of hydrogen-bond acceptors (Lipinski definition) is 2. The minimum Gasteiger partial charge on any atom is -0.207 e. The molecule has 1 aromatic rings. The van der Waals surface area contributed by atoms with Crippen LogP contribution in [0.15, 0.2) is 23.1 Å². The summed E-state index contributed by atoms with van der Waals surface area (Å²) in [5.41, 5.74) is 0.366. The Bertz CT molecular complexity index is 565. The van der Waals surface area contributed by atoms with Crippen molar-refractivity contribution in [2.45, 2.75) is 56.9 Å². The largest absolute Gasteiger partial charge is 0.243 e. The fourth-order valence-electron chi connectivity index (χ4n) is 2.91. The van der Waals surface area contributed by atoms with Crippen molar-refractivity contribution in [2.75, 3.05) is 6.54 Å². The molecule has 0 amide bonds. The molecule has 20 heavy (non-hydrogen) atoms. The van der Waals surface area contributed by atoms with Crippen LogP contribution in [0, 0.1) is 12.7 Å². The molecule has 1 saturated carbocycles. The van der Waals surface area contributed by atoms with Gasteiger partial charge in [-0.05, 0) is 43.5 Å². The van der Waals surface area contributed by atoms with Gasteiger partial charge in [-0.1, -0.05) is 26.2 Å². The number of rotatable bonds is 4. The van der Waals surface area contributed by atoms with Gasteiger partial charge < -0.3 is 0 Å². The topological polar surface area (TPSA) is 37.4 Å². The van der Waals surface area contributed by atoms with Crippen LogP contribution >= 0.6 is 0 Å². The van der Waals surface area contributed by atoms with Crippen LogP contribution in [-0.2, 0) is 10.0 Å². The van der Waals surface area contributed by atoms with E-state index in [4.69, 9.17) is 0 Å². The summed E-state index contributed by atoms with van der Waals surface area (Å²) in [6.07, 6.45) is 5.20. The summed E-state index contributed by atoms with van der Waals surface area (Å²) in [5, 5.41) is 0. The zero-order valence-corrected chi connectivity index (χ0v) is 12.9. The van der Waals surface area contributed by atoms with E-state index < -0.39 is 10.0 Å². The standard InChI is InChI=1S/C15H22FNO2S/c1-3-17(13-7-5-4-6-8-13)20(18,19)14-9-10-15(16)12(2)11-14/h9-11,13H,3-8H2,1-2H3. The summed E-state index contributed by atoms with van der Waals surface area (Å²) in [7, 11) is -3.52. The first-order valence-electron chi connectivity index (χ1n) is 7.25. The van der Waals surface area contributed by atoms with Gasteiger partial charge in [-0.15, -0.1) is 0 Å². The lowest BCUT2D eigenvalue weighted by Crippen LogP contribution is -2.41. The molecule has 5 heteroatoms. The second-order valence-electron chi connectivity index (χ2n) is 5.41. The summed E-state index contributed by atoms with van der Waals surface area (Å²) in [6.45, 7) is 3.91. The highest BCUT2D eigenvalue weighted by molar-refractivity contribution is 7.89. The van der Waals surface area contributed by atoms with Crippen LogP contribution in [0.3, 0.4) is 0 Å². The first-order valence-corrected chi connectivity index (χ1v) is 8.69. The number of hydrogen-bond donors (Lipinski definition) is 0. The molecule has 1 aliphatic rings. The SMILES string of the molecule is CCN(C1CCCCC1)S(=O)(=O)c1ccc(F)c(C)c1. The van der Waals surface area contributed by atoms with Crippen LogP contribution in [0.2, 0.25) is 0 Å². The molecule has 1 aromatic carbocycles. The number of benzene rings is 1. The second-order valence-corrected chi connectivity index (χ2v) is 7.30. The van der Waals surface area contributed by atoms with E-state index in [-0.39, 0.29) is 16.8 Å². The van der Waals surface area contributed by atoms with Gasteiger partial charge in [0.15, 0.2) is 0 Å². The average Bonchev–Trinajstić information content (AvgIpc) is 2.43. The smallest absolute Gasteiger partial charge is 0.207 e. The lowest BCUT2D eigenvalue weighted by atomic mass is 9.95. The zero-order chi connectivity index (χ0) is 14.8. The molecule has 1 aliphatic carbocycles. The van der Waals surface area contributed by atoms with Crippen LogP contribution in [0.5, 0.6) is 0 Å². The highest BCUT2D eigenvalue weighted by Crippen LogP contribution is 2.28. The van der Waals surface area contributed by atoms with Crippen LogP contribution in [0.1, 0.15) is 44.6 Å². The predicted octanol–water partition coefficient (Wildman–Crippen LogP) is 3.48. The van der Waals surface area contributed by atoms with E-state index in [1.165, 1.54) is 24.6 Å². The maximum Gasteiger partial charge on any atom is 0.243 e. The summed E-state index contributed by atoms with van der Waals surface area (Å²) >= 11 is 0. The number of aryl methyl sites for hydroxylation is 1. The van der Waals surface area contributed by atoms with Crippen molar-refractivity contribution in [3.05, 3.63) is 29.6 Å². The monoisotopic (exact) mass is 299 g/mol. The summed E-state index contributed by atoms with van der Waals surface area (Å²) in [4.78, 5) is 0.198. The van der Waals surface area contributed by atoms with Gasteiger partial charge in [-0.25, -0.2) is 12.8 Å². The molecule has 0 aromatic heterocycles. The molecule has 0 aliphatic heterocycles. The third kappa shape index (κ3) is 3.04. The summed E-state index contributed by atoms with van der Waals surface area (Å²) in [5.74, 6) is -0.371. The van der Waals surface area contributed by atoms with Crippen LogP contribution in [-0.4, -0.2) is 25.3 Å². The Hall–Kier alpha value is -0.940. The van der Waals surface area contributed by atoms with Crippen molar-refractivity contribution in [1.82, 2.24) is 4.31 Å². The number of sulfonamides is 1. The quantitative estimate of drug-likeness (QED) is 0.853. The van der Waals surface area contributed by atoms with E-state index >= 15 is 0 Å². The van der Waals surface area contributed by atoms with Crippen molar-refractivity contribution in [3.8, 4) is 0 Å². The molecule has 3 nitrogen and oxygen atoms in total. The summed E-state index contributed by atoms with van der Waals surface area (Å²) < 4.78 is 40.4. The minimum atomic E-state index is -3.52. The Morgan fingerprint density at radius 1 is 1.25 bits per heavy atom. The number of halogens is 1. The fourth-order valence-corrected chi connectivity index (χ4v) is 4.69. The van der Waals surface area contributed by atoms with Crippen LogP contribution in [0.4, 0.5) is 4.39 Å². The second kappa shape index (κ2) is 6.22. The fraction of sp³-hybridized carbons (Fsp3) is 0.600. The molecule has 0 atom stereocenters. The lowest BCUT2D eigenvalue weighted by molar-refractivity contribution is 0.261. The maximum atomic E-state index is 13.3. The Morgan fingerprint density at radius 3 is 2.45 bits per heavy atom. The van der Waals surface area contributed by atoms with Crippen molar-refractivity contribution in [2.24, 2.45) is 0 Å². The third-order valence-corrected chi connectivity index (χ3v) is 6.05. The Morgan fingerprint density at radius 2 is 1.90 bits per heavy atom. The molecule has 112 valence electrons. The average molecular weight is 299 g/mol. The molecular formula is C15H22FNO2S. The Kier molecular flexibility index (Phi) is 4.81. The van der Waals surface area contributed by atoms with Gasteiger partial charge in [0.05, 0.1) is 4.90 Å². The Labute approximate surface area is 120 Å². The van der Waals surface area contributed by atoms with E-state index in [2.05, 4.69) is 0 Å². The third-order valence-electron chi connectivity index (χ3n) is 4.03. The van der Waals surface area contributed by atoms with Gasteiger partial charge in [0.2, 0.25) is 10.0 Å². The Balaban J connectivity index is 2.32. The minimum absolute atomic E-state index is 0.0871. The molecule has 0 bridgehead atoms. The van der Waals surface area contributed by atoms with Crippen LogP contribution in [0.25, 0.3) is 0 Å². The van der Waals surface area contributed by atoms with Gasteiger partial charge in [-0.3, -0.25) is 0 Å². The lowest BCUT2D eigenvalue weighted by Gasteiger charge is -2.32. The van der Waals surface area contributed by atoms with Crippen molar-refractivity contribution in [3.63, 3.8) is 0 Å². The maximum absolute atomic E-state index is 13.3.